The van der Waals surface area contributed by atoms with Gasteiger partial charge in [-0.25, -0.2) is 13.3 Å². The van der Waals surface area contributed by atoms with Crippen LogP contribution in [0.4, 0.5) is 0 Å². The highest BCUT2D eigenvalue weighted by Gasteiger charge is 2.32. The average Bonchev–Trinajstić information content (AvgIpc) is 2.68. The summed E-state index contributed by atoms with van der Waals surface area (Å²) in [6.45, 7) is 4.43. The highest BCUT2D eigenvalue weighted by molar-refractivity contribution is 7.82. The molecular weight excluding hydrogens is 346 g/mol. The molecule has 0 fully saturated rings. The van der Waals surface area contributed by atoms with E-state index >= 15 is 0 Å². The van der Waals surface area contributed by atoms with E-state index in [0.717, 1.165) is 16.0 Å². The molecule has 4 nitrogen and oxygen atoms in total. The molecule has 136 valence electrons. The summed E-state index contributed by atoms with van der Waals surface area (Å²) in [6.07, 6.45) is 2.54. The first kappa shape index (κ1) is 18.5. The lowest BCUT2D eigenvalue weighted by atomic mass is 9.98. The summed E-state index contributed by atoms with van der Waals surface area (Å²) < 4.78 is 20.3. The Balaban J connectivity index is 1.93. The predicted molar refractivity (Wildman–Crippen MR) is 103 cm³/mol. The van der Waals surface area contributed by atoms with Gasteiger partial charge in [-0.3, -0.25) is 0 Å². The Labute approximate surface area is 157 Å². The fraction of sp³-hybridized carbons (Fsp3) is 0.286. The van der Waals surface area contributed by atoms with Gasteiger partial charge in [0.1, 0.15) is 11.0 Å². The fourth-order valence-electron chi connectivity index (χ4n) is 3.03. The van der Waals surface area contributed by atoms with E-state index in [1.54, 1.807) is 6.92 Å². The quantitative estimate of drug-likeness (QED) is 0.750. The van der Waals surface area contributed by atoms with E-state index in [1.165, 1.54) is 0 Å². The van der Waals surface area contributed by atoms with Gasteiger partial charge in [0.2, 0.25) is 0 Å². The number of carbonyl (C=O) groups is 1. The van der Waals surface area contributed by atoms with Crippen LogP contribution in [-0.4, -0.2) is 27.6 Å². The van der Waals surface area contributed by atoms with Crippen LogP contribution >= 0.6 is 0 Å². The van der Waals surface area contributed by atoms with Crippen molar-refractivity contribution >= 4 is 17.0 Å². The number of hydrogen-bond acceptors (Lipinski definition) is 3. The van der Waals surface area contributed by atoms with E-state index in [9.17, 15) is 9.00 Å². The van der Waals surface area contributed by atoms with Crippen LogP contribution in [0.1, 0.15) is 30.5 Å². The van der Waals surface area contributed by atoms with Crippen molar-refractivity contribution in [1.82, 2.24) is 4.31 Å². The highest BCUT2D eigenvalue weighted by Crippen LogP contribution is 2.33. The lowest BCUT2D eigenvalue weighted by Gasteiger charge is -2.34. The molecule has 5 heteroatoms. The van der Waals surface area contributed by atoms with Crippen LogP contribution in [0.25, 0.3) is 0 Å². The van der Waals surface area contributed by atoms with E-state index in [4.69, 9.17) is 4.74 Å². The average molecular weight is 369 g/mol. The Hall–Kier alpha value is -2.24. The molecule has 0 radical (unpaired) electrons. The van der Waals surface area contributed by atoms with Crippen LogP contribution < -0.4 is 0 Å². The van der Waals surface area contributed by atoms with Crippen LogP contribution in [-0.2, 0) is 20.5 Å². The van der Waals surface area contributed by atoms with E-state index in [-0.39, 0.29) is 12.0 Å². The lowest BCUT2D eigenvalue weighted by molar-refractivity contribution is -0.138. The van der Waals surface area contributed by atoms with Crippen LogP contribution in [0.2, 0.25) is 0 Å². The third-order valence-corrected chi connectivity index (χ3v) is 5.90. The van der Waals surface area contributed by atoms with Crippen molar-refractivity contribution in [2.45, 2.75) is 31.2 Å². The van der Waals surface area contributed by atoms with Gasteiger partial charge < -0.3 is 4.74 Å². The molecule has 0 aliphatic carbocycles. The first-order valence-corrected chi connectivity index (χ1v) is 9.87. The Morgan fingerprint density at radius 2 is 1.85 bits per heavy atom. The number of aryl methyl sites for hydroxylation is 1. The predicted octanol–water partition coefficient (Wildman–Crippen LogP) is 3.95. The molecule has 1 unspecified atom stereocenters. The molecule has 0 saturated heterocycles. The minimum Gasteiger partial charge on any atom is -0.463 e. The maximum atomic E-state index is 13.3. The molecule has 1 heterocycles. The summed E-state index contributed by atoms with van der Waals surface area (Å²) in [6, 6.07) is 17.6. The molecule has 3 rings (SSSR count). The van der Waals surface area contributed by atoms with Crippen LogP contribution in [0, 0.1) is 6.92 Å². The van der Waals surface area contributed by atoms with Gasteiger partial charge >= 0.3 is 5.97 Å². The smallest absolute Gasteiger partial charge is 0.335 e. The molecule has 2 atom stereocenters. The van der Waals surface area contributed by atoms with Gasteiger partial charge in [-0.1, -0.05) is 54.1 Å². The zero-order valence-electron chi connectivity index (χ0n) is 15.1. The number of hydrogen-bond donors (Lipinski definition) is 0. The molecule has 0 N–H and O–H groups in total. The summed E-state index contributed by atoms with van der Waals surface area (Å²) in [5, 5.41) is 0. The van der Waals surface area contributed by atoms with E-state index in [2.05, 4.69) is 0 Å². The molecule has 0 amide bonds. The third-order valence-electron chi connectivity index (χ3n) is 4.42. The molecule has 0 saturated carbocycles. The van der Waals surface area contributed by atoms with Crippen LogP contribution in [0.3, 0.4) is 0 Å². The summed E-state index contributed by atoms with van der Waals surface area (Å²) in [5.74, 6) is -0.329. The second-order valence-electron chi connectivity index (χ2n) is 6.25. The van der Waals surface area contributed by atoms with Crippen molar-refractivity contribution < 1.29 is 13.7 Å². The van der Waals surface area contributed by atoms with Gasteiger partial charge in [-0.2, -0.15) is 0 Å². The van der Waals surface area contributed by atoms with Crippen LogP contribution in [0.15, 0.2) is 71.1 Å². The summed E-state index contributed by atoms with van der Waals surface area (Å²) >= 11 is 0. The van der Waals surface area contributed by atoms with E-state index in [1.807, 2.05) is 71.9 Å². The van der Waals surface area contributed by atoms with Gasteiger partial charge in [0.05, 0.1) is 17.5 Å². The van der Waals surface area contributed by atoms with Crippen LogP contribution in [0.5, 0.6) is 0 Å². The minimum atomic E-state index is -1.37. The normalized spacial score (nSPS) is 18.8. The molecule has 0 bridgehead atoms. The summed E-state index contributed by atoms with van der Waals surface area (Å²) in [7, 11) is -1.37. The highest BCUT2D eigenvalue weighted by atomic mass is 32.2. The molecule has 2 aromatic rings. The van der Waals surface area contributed by atoms with Crippen molar-refractivity contribution in [2.24, 2.45) is 0 Å². The standard InChI is InChI=1S/C21H23NO3S/c1-3-25-21(23)18-11-14-20(17-7-5-4-6-8-17)22(15-18)26(24)19-12-9-16(2)10-13-19/h4-13,20H,3,14-15H2,1-2H3/t20-,26?/m0/s1. The van der Waals surface area contributed by atoms with Gasteiger partial charge in [-0.15, -0.1) is 0 Å². The number of carbonyl (C=O) groups excluding carboxylic acids is 1. The summed E-state index contributed by atoms with van der Waals surface area (Å²) in [4.78, 5) is 12.9. The van der Waals surface area contributed by atoms with Crippen molar-refractivity contribution in [3.63, 3.8) is 0 Å². The van der Waals surface area contributed by atoms with Gasteiger partial charge in [0.25, 0.3) is 0 Å². The van der Waals surface area contributed by atoms with Gasteiger partial charge in [0.15, 0.2) is 0 Å². The fourth-order valence-corrected chi connectivity index (χ4v) is 4.36. The van der Waals surface area contributed by atoms with Gasteiger partial charge in [-0.05, 0) is 38.0 Å². The van der Waals surface area contributed by atoms with Crippen molar-refractivity contribution in [2.75, 3.05) is 13.2 Å². The number of rotatable bonds is 5. The minimum absolute atomic E-state index is 0.0449. The van der Waals surface area contributed by atoms with Gasteiger partial charge in [0, 0.05) is 12.1 Å². The molecule has 1 aliphatic rings. The summed E-state index contributed by atoms with van der Waals surface area (Å²) in [5.41, 5.74) is 2.78. The Morgan fingerprint density at radius 1 is 1.15 bits per heavy atom. The largest absolute Gasteiger partial charge is 0.463 e. The molecule has 0 aromatic heterocycles. The SMILES string of the molecule is CCOC(=O)C1=CC[C@@H](c2ccccc2)N(S(=O)c2ccc(C)cc2)C1. The molecular formula is C21H23NO3S. The topological polar surface area (TPSA) is 46.6 Å². The van der Waals surface area contributed by atoms with Crippen molar-refractivity contribution in [3.8, 4) is 0 Å². The second kappa shape index (κ2) is 8.43. The number of esters is 1. The number of benzene rings is 2. The Bertz CT molecular complexity index is 815. The van der Waals surface area contributed by atoms with E-state index < -0.39 is 11.0 Å². The number of nitrogens with zero attached hydrogens (tertiary/aromatic N) is 1. The Kier molecular flexibility index (Phi) is 6.01. The third kappa shape index (κ3) is 4.11. The molecule has 2 aromatic carbocycles. The zero-order chi connectivity index (χ0) is 18.5. The number of ether oxygens (including phenoxy) is 1. The zero-order valence-corrected chi connectivity index (χ0v) is 15.9. The lowest BCUT2D eigenvalue weighted by Crippen LogP contribution is -2.37. The van der Waals surface area contributed by atoms with E-state index in [0.29, 0.717) is 25.1 Å². The van der Waals surface area contributed by atoms with Crippen molar-refractivity contribution in [1.29, 1.82) is 0 Å². The van der Waals surface area contributed by atoms with Crippen molar-refractivity contribution in [3.05, 3.63) is 77.4 Å². The second-order valence-corrected chi connectivity index (χ2v) is 7.69. The Morgan fingerprint density at radius 3 is 2.50 bits per heavy atom. The first-order valence-electron chi connectivity index (χ1n) is 8.76. The molecule has 0 spiro atoms. The maximum absolute atomic E-state index is 13.3. The molecule has 1 aliphatic heterocycles. The maximum Gasteiger partial charge on any atom is 0.335 e. The molecule has 26 heavy (non-hydrogen) atoms. The first-order chi connectivity index (χ1) is 12.6. The monoisotopic (exact) mass is 369 g/mol.